The van der Waals surface area contributed by atoms with Crippen molar-refractivity contribution in [3.05, 3.63) is 65.2 Å². The number of carbonyl (C=O) groups is 3. The summed E-state index contributed by atoms with van der Waals surface area (Å²) in [5, 5.41) is 5.63. The molecule has 1 unspecified atom stereocenters. The molecule has 1 atom stereocenters. The number of benzene rings is 2. The van der Waals surface area contributed by atoms with Crippen molar-refractivity contribution in [3.8, 4) is 0 Å². The molecule has 2 aromatic carbocycles. The summed E-state index contributed by atoms with van der Waals surface area (Å²) in [6, 6.07) is 13.8. The van der Waals surface area contributed by atoms with Gasteiger partial charge in [-0.3, -0.25) is 9.59 Å². The minimum atomic E-state index is -0.746. The molecule has 0 aliphatic carbocycles. The molecule has 0 saturated heterocycles. The van der Waals surface area contributed by atoms with E-state index in [2.05, 4.69) is 10.6 Å². The lowest BCUT2D eigenvalue weighted by Crippen LogP contribution is -2.43. The molecule has 2 aromatic rings. The number of esters is 1. The van der Waals surface area contributed by atoms with Crippen LogP contribution in [0.3, 0.4) is 0 Å². The first kappa shape index (κ1) is 23.1. The first-order chi connectivity index (χ1) is 14.3. The number of hydrogen-bond acceptors (Lipinski definition) is 4. The number of nitrogens with one attached hydrogen (secondary N) is 2. The van der Waals surface area contributed by atoms with Crippen LogP contribution in [0.25, 0.3) is 0 Å². The lowest BCUT2D eigenvalue weighted by molar-refractivity contribution is -0.147. The highest BCUT2D eigenvalue weighted by atomic mass is 16.5. The van der Waals surface area contributed by atoms with E-state index in [-0.39, 0.29) is 24.3 Å². The minimum Gasteiger partial charge on any atom is -0.464 e. The van der Waals surface area contributed by atoms with E-state index < -0.39 is 12.0 Å². The Balaban J connectivity index is 2.04. The van der Waals surface area contributed by atoms with Crippen molar-refractivity contribution in [2.24, 2.45) is 5.92 Å². The van der Waals surface area contributed by atoms with Gasteiger partial charge in [0.1, 0.15) is 6.04 Å². The summed E-state index contributed by atoms with van der Waals surface area (Å²) in [5.41, 5.74) is 3.12. The summed E-state index contributed by atoms with van der Waals surface area (Å²) in [6.45, 7) is 7.81. The molecule has 0 aromatic heterocycles. The van der Waals surface area contributed by atoms with Crippen LogP contribution in [-0.4, -0.2) is 30.4 Å². The van der Waals surface area contributed by atoms with Crippen LogP contribution in [0, 0.1) is 12.8 Å². The summed E-state index contributed by atoms with van der Waals surface area (Å²) in [5.74, 6) is -0.613. The van der Waals surface area contributed by atoms with E-state index in [1.807, 2.05) is 51.1 Å². The smallest absolute Gasteiger partial charge is 0.328 e. The van der Waals surface area contributed by atoms with Crippen molar-refractivity contribution < 1.29 is 19.1 Å². The Morgan fingerprint density at radius 1 is 1.03 bits per heavy atom. The van der Waals surface area contributed by atoms with E-state index >= 15 is 0 Å². The van der Waals surface area contributed by atoms with Gasteiger partial charge in [0, 0.05) is 24.1 Å². The molecule has 0 spiro atoms. The molecule has 2 N–H and O–H groups in total. The summed E-state index contributed by atoms with van der Waals surface area (Å²) >= 11 is 0. The van der Waals surface area contributed by atoms with Crippen LogP contribution in [0.5, 0.6) is 0 Å². The molecule has 160 valence electrons. The zero-order chi connectivity index (χ0) is 22.1. The molecular formula is C24H30N2O4. The lowest BCUT2D eigenvalue weighted by Gasteiger charge is -2.18. The molecule has 0 bridgehead atoms. The molecule has 0 saturated carbocycles. The van der Waals surface area contributed by atoms with Crippen molar-refractivity contribution in [2.45, 2.75) is 46.6 Å². The van der Waals surface area contributed by atoms with Gasteiger partial charge in [0.25, 0.3) is 5.91 Å². The lowest BCUT2D eigenvalue weighted by atomic mass is 10.0. The van der Waals surface area contributed by atoms with Gasteiger partial charge in [-0.15, -0.1) is 0 Å². The number of hydrogen-bond donors (Lipinski definition) is 2. The van der Waals surface area contributed by atoms with Gasteiger partial charge in [-0.05, 0) is 49.6 Å². The van der Waals surface area contributed by atoms with Crippen LogP contribution in [-0.2, 0) is 20.7 Å². The van der Waals surface area contributed by atoms with Gasteiger partial charge in [-0.1, -0.05) is 43.7 Å². The van der Waals surface area contributed by atoms with Crippen molar-refractivity contribution in [1.29, 1.82) is 0 Å². The Labute approximate surface area is 178 Å². The predicted molar refractivity (Wildman–Crippen MR) is 117 cm³/mol. The molecule has 30 heavy (non-hydrogen) atoms. The van der Waals surface area contributed by atoms with Crippen LogP contribution < -0.4 is 10.6 Å². The quantitative estimate of drug-likeness (QED) is 0.615. The van der Waals surface area contributed by atoms with Crippen molar-refractivity contribution in [1.82, 2.24) is 5.32 Å². The van der Waals surface area contributed by atoms with E-state index in [0.717, 1.165) is 11.1 Å². The first-order valence-electron chi connectivity index (χ1n) is 10.2. The zero-order valence-electron chi connectivity index (χ0n) is 18.0. The summed E-state index contributed by atoms with van der Waals surface area (Å²) in [7, 11) is 0. The zero-order valence-corrected chi connectivity index (χ0v) is 18.0. The Morgan fingerprint density at radius 3 is 2.33 bits per heavy atom. The van der Waals surface area contributed by atoms with Gasteiger partial charge in [0.2, 0.25) is 5.91 Å². The maximum Gasteiger partial charge on any atom is 0.328 e. The second-order valence-corrected chi connectivity index (χ2v) is 7.69. The van der Waals surface area contributed by atoms with Crippen LogP contribution in [0.1, 0.15) is 48.7 Å². The molecular weight excluding hydrogens is 380 g/mol. The number of aryl methyl sites for hydroxylation is 1. The van der Waals surface area contributed by atoms with Crippen molar-refractivity contribution in [2.75, 3.05) is 11.9 Å². The highest BCUT2D eigenvalue weighted by molar-refractivity contribution is 6.04. The largest absolute Gasteiger partial charge is 0.464 e. The van der Waals surface area contributed by atoms with Crippen LogP contribution in [0.15, 0.2) is 48.5 Å². The third-order valence-corrected chi connectivity index (χ3v) is 4.43. The van der Waals surface area contributed by atoms with E-state index in [4.69, 9.17) is 4.74 Å². The second-order valence-electron chi connectivity index (χ2n) is 7.69. The summed E-state index contributed by atoms with van der Waals surface area (Å²) in [4.78, 5) is 36.8. The van der Waals surface area contributed by atoms with E-state index in [1.54, 1.807) is 25.1 Å². The summed E-state index contributed by atoms with van der Waals surface area (Å²) in [6.07, 6.45) is 0.661. The van der Waals surface area contributed by atoms with Crippen molar-refractivity contribution in [3.63, 3.8) is 0 Å². The molecule has 0 heterocycles. The molecule has 2 amide bonds. The maximum absolute atomic E-state index is 12.4. The van der Waals surface area contributed by atoms with E-state index in [1.165, 1.54) is 0 Å². The average molecular weight is 411 g/mol. The SMILES string of the molecule is CCOC(=O)C(Cc1ccc(NC(=O)c2cccc(C)c2)cc1)NC(=O)CC(C)C. The molecule has 2 rings (SSSR count). The third kappa shape index (κ3) is 7.35. The maximum atomic E-state index is 12.4. The molecule has 6 heteroatoms. The van der Waals surface area contributed by atoms with Gasteiger partial charge >= 0.3 is 5.97 Å². The van der Waals surface area contributed by atoms with Gasteiger partial charge in [0.15, 0.2) is 0 Å². The summed E-state index contributed by atoms with van der Waals surface area (Å²) < 4.78 is 5.11. The highest BCUT2D eigenvalue weighted by Crippen LogP contribution is 2.14. The van der Waals surface area contributed by atoms with Crippen LogP contribution in [0.4, 0.5) is 5.69 Å². The van der Waals surface area contributed by atoms with Gasteiger partial charge in [0.05, 0.1) is 6.61 Å². The van der Waals surface area contributed by atoms with E-state index in [0.29, 0.717) is 24.1 Å². The fourth-order valence-corrected chi connectivity index (χ4v) is 3.01. The second kappa shape index (κ2) is 11.1. The Bertz CT molecular complexity index is 875. The van der Waals surface area contributed by atoms with Crippen LogP contribution >= 0.6 is 0 Å². The van der Waals surface area contributed by atoms with E-state index in [9.17, 15) is 14.4 Å². The molecule has 0 aliphatic heterocycles. The number of ether oxygens (including phenoxy) is 1. The van der Waals surface area contributed by atoms with Gasteiger partial charge < -0.3 is 15.4 Å². The molecule has 0 aliphatic rings. The molecule has 0 fully saturated rings. The first-order valence-corrected chi connectivity index (χ1v) is 10.2. The number of rotatable bonds is 9. The highest BCUT2D eigenvalue weighted by Gasteiger charge is 2.23. The fourth-order valence-electron chi connectivity index (χ4n) is 3.01. The van der Waals surface area contributed by atoms with Gasteiger partial charge in [-0.2, -0.15) is 0 Å². The minimum absolute atomic E-state index is 0.176. The monoisotopic (exact) mass is 410 g/mol. The Hall–Kier alpha value is -3.15. The van der Waals surface area contributed by atoms with Crippen LogP contribution in [0.2, 0.25) is 0 Å². The van der Waals surface area contributed by atoms with Gasteiger partial charge in [-0.25, -0.2) is 4.79 Å². The topological polar surface area (TPSA) is 84.5 Å². The molecule has 0 radical (unpaired) electrons. The molecule has 6 nitrogen and oxygen atoms in total. The van der Waals surface area contributed by atoms with Crippen molar-refractivity contribution >= 4 is 23.5 Å². The Kier molecular flexibility index (Phi) is 8.59. The number of carbonyl (C=O) groups excluding carboxylic acids is 3. The third-order valence-electron chi connectivity index (χ3n) is 4.43. The fraction of sp³-hybridized carbons (Fsp3) is 0.375. The number of anilines is 1. The standard InChI is InChI=1S/C24H30N2O4/c1-5-30-24(29)21(26-22(27)13-16(2)3)15-18-9-11-20(12-10-18)25-23(28)19-8-6-7-17(4)14-19/h6-12,14,16,21H,5,13,15H2,1-4H3,(H,25,28)(H,26,27). The normalized spacial score (nSPS) is 11.6. The predicted octanol–water partition coefficient (Wildman–Crippen LogP) is 3.88. The average Bonchev–Trinajstić information content (AvgIpc) is 2.68. The number of amides is 2. The Morgan fingerprint density at radius 2 is 1.73 bits per heavy atom.